The highest BCUT2D eigenvalue weighted by molar-refractivity contribution is 6.02. The molecule has 2 rings (SSSR count). The second-order valence-corrected chi connectivity index (χ2v) is 4.62. The fraction of sp³-hybridized carbons (Fsp3) is 0.500. The van der Waals surface area contributed by atoms with E-state index in [0.717, 1.165) is 0 Å². The molecular weight excluding hydrogens is 274 g/mol. The minimum absolute atomic E-state index is 0.155. The number of aromatic nitrogens is 2. The Morgan fingerprint density at radius 2 is 2.43 bits per heavy atom. The number of anilines is 1. The number of hydrogen-bond donors (Lipinski definition) is 1. The molecule has 0 radical (unpaired) electrons. The third-order valence-corrected chi connectivity index (χ3v) is 3.24. The molecule has 1 atom stereocenters. The Kier molecular flexibility index (Phi) is 4.60. The molecule has 7 heteroatoms. The van der Waals surface area contributed by atoms with E-state index < -0.39 is 5.97 Å². The standard InChI is InChI=1S/C14H17N3O4/c1-3-10-7-12(19)16(9-10)13-11(14(20)21-4-2)8-15-17(13)5-6-18/h1,8,10,18H,4-7,9H2,2H3. The first kappa shape index (κ1) is 15.1. The average Bonchev–Trinajstić information content (AvgIpc) is 3.03. The Hall–Kier alpha value is -2.33. The van der Waals surface area contributed by atoms with Crippen molar-refractivity contribution in [3.8, 4) is 12.3 Å². The highest BCUT2D eigenvalue weighted by atomic mass is 16.5. The topological polar surface area (TPSA) is 84.7 Å². The number of terminal acetylenes is 1. The lowest BCUT2D eigenvalue weighted by molar-refractivity contribution is -0.117. The van der Waals surface area contributed by atoms with Crippen molar-refractivity contribution >= 4 is 17.7 Å². The summed E-state index contributed by atoms with van der Waals surface area (Å²) in [4.78, 5) is 25.5. The zero-order valence-corrected chi connectivity index (χ0v) is 11.8. The molecule has 1 fully saturated rings. The largest absolute Gasteiger partial charge is 0.462 e. The predicted octanol–water partition coefficient (Wildman–Crippen LogP) is 0.0382. The van der Waals surface area contributed by atoms with Gasteiger partial charge in [-0.1, -0.05) is 0 Å². The van der Waals surface area contributed by atoms with Gasteiger partial charge in [-0.05, 0) is 6.92 Å². The molecule has 1 aliphatic heterocycles. The predicted molar refractivity (Wildman–Crippen MR) is 74.6 cm³/mol. The van der Waals surface area contributed by atoms with E-state index in [9.17, 15) is 9.59 Å². The Morgan fingerprint density at radius 3 is 3.00 bits per heavy atom. The lowest BCUT2D eigenvalue weighted by Crippen LogP contribution is -2.29. The van der Waals surface area contributed by atoms with Gasteiger partial charge in [0.2, 0.25) is 5.91 Å². The smallest absolute Gasteiger partial charge is 0.343 e. The van der Waals surface area contributed by atoms with E-state index in [2.05, 4.69) is 11.0 Å². The summed E-state index contributed by atoms with van der Waals surface area (Å²) in [7, 11) is 0. The van der Waals surface area contributed by atoms with Crippen LogP contribution < -0.4 is 4.90 Å². The molecule has 1 aliphatic rings. The Bertz CT molecular complexity index is 588. The molecule has 1 N–H and O–H groups in total. The number of esters is 1. The number of aliphatic hydroxyl groups is 1. The molecule has 7 nitrogen and oxygen atoms in total. The summed E-state index contributed by atoms with van der Waals surface area (Å²) in [5.74, 6) is 1.99. The van der Waals surface area contributed by atoms with E-state index in [0.29, 0.717) is 12.4 Å². The molecule has 21 heavy (non-hydrogen) atoms. The normalized spacial score (nSPS) is 17.9. The fourth-order valence-electron chi connectivity index (χ4n) is 2.30. The van der Waals surface area contributed by atoms with Gasteiger partial charge in [0.15, 0.2) is 0 Å². The van der Waals surface area contributed by atoms with E-state index in [1.807, 2.05) is 0 Å². The van der Waals surface area contributed by atoms with E-state index in [1.165, 1.54) is 15.8 Å². The van der Waals surface area contributed by atoms with Crippen LogP contribution >= 0.6 is 0 Å². The van der Waals surface area contributed by atoms with Crippen LogP contribution in [-0.4, -0.2) is 46.5 Å². The van der Waals surface area contributed by atoms with E-state index in [4.69, 9.17) is 16.3 Å². The number of nitrogens with zero attached hydrogens (tertiary/aromatic N) is 3. The maximum absolute atomic E-state index is 12.1. The SMILES string of the molecule is C#CC1CC(=O)N(c2c(C(=O)OCC)cnn2CCO)C1. The van der Waals surface area contributed by atoms with Gasteiger partial charge in [0.05, 0.1) is 26.0 Å². The van der Waals surface area contributed by atoms with Gasteiger partial charge in [0.1, 0.15) is 11.4 Å². The molecule has 1 saturated heterocycles. The lowest BCUT2D eigenvalue weighted by Gasteiger charge is -2.18. The zero-order valence-electron chi connectivity index (χ0n) is 11.8. The highest BCUT2D eigenvalue weighted by Crippen LogP contribution is 2.28. The van der Waals surface area contributed by atoms with Gasteiger partial charge in [-0.25, -0.2) is 9.48 Å². The summed E-state index contributed by atoms with van der Waals surface area (Å²) in [5, 5.41) is 13.1. The molecule has 1 unspecified atom stereocenters. The summed E-state index contributed by atoms with van der Waals surface area (Å²) < 4.78 is 6.39. The number of aliphatic hydroxyl groups excluding tert-OH is 1. The number of amides is 1. The summed E-state index contributed by atoms with van der Waals surface area (Å²) in [5.41, 5.74) is 0.205. The monoisotopic (exact) mass is 291 g/mol. The quantitative estimate of drug-likeness (QED) is 0.611. The summed E-state index contributed by atoms with van der Waals surface area (Å²) in [6.45, 7) is 2.28. The first-order chi connectivity index (χ1) is 10.1. The van der Waals surface area contributed by atoms with Crippen molar-refractivity contribution in [1.82, 2.24) is 9.78 Å². The second-order valence-electron chi connectivity index (χ2n) is 4.62. The van der Waals surface area contributed by atoms with Gasteiger partial charge in [0, 0.05) is 18.9 Å². The van der Waals surface area contributed by atoms with Gasteiger partial charge in [0.25, 0.3) is 0 Å². The van der Waals surface area contributed by atoms with Crippen molar-refractivity contribution in [2.75, 3.05) is 24.7 Å². The van der Waals surface area contributed by atoms with Crippen LogP contribution in [0, 0.1) is 18.3 Å². The van der Waals surface area contributed by atoms with Crippen LogP contribution in [0.4, 0.5) is 5.82 Å². The van der Waals surface area contributed by atoms with Crippen LogP contribution in [0.3, 0.4) is 0 Å². The molecule has 0 aromatic carbocycles. The third kappa shape index (κ3) is 2.90. The Labute approximate surface area is 122 Å². The molecule has 0 saturated carbocycles. The number of ether oxygens (including phenoxy) is 1. The maximum atomic E-state index is 12.1. The van der Waals surface area contributed by atoms with Crippen LogP contribution in [0.25, 0.3) is 0 Å². The first-order valence-corrected chi connectivity index (χ1v) is 6.72. The molecule has 2 heterocycles. The minimum atomic E-state index is -0.548. The maximum Gasteiger partial charge on any atom is 0.343 e. The molecular formula is C14H17N3O4. The van der Waals surface area contributed by atoms with E-state index in [-0.39, 0.29) is 43.6 Å². The summed E-state index contributed by atoms with van der Waals surface area (Å²) >= 11 is 0. The van der Waals surface area contributed by atoms with Crippen LogP contribution in [0.15, 0.2) is 6.20 Å². The van der Waals surface area contributed by atoms with Gasteiger partial charge in [-0.15, -0.1) is 12.3 Å². The highest BCUT2D eigenvalue weighted by Gasteiger charge is 2.34. The van der Waals surface area contributed by atoms with Crippen molar-refractivity contribution in [2.45, 2.75) is 19.9 Å². The second kappa shape index (κ2) is 6.41. The molecule has 112 valence electrons. The van der Waals surface area contributed by atoms with Crippen LogP contribution in [0.5, 0.6) is 0 Å². The first-order valence-electron chi connectivity index (χ1n) is 6.72. The van der Waals surface area contributed by atoms with Gasteiger partial charge in [-0.2, -0.15) is 5.10 Å². The zero-order chi connectivity index (χ0) is 15.4. The number of rotatable bonds is 5. The number of hydrogen-bond acceptors (Lipinski definition) is 5. The lowest BCUT2D eigenvalue weighted by atomic mass is 10.1. The van der Waals surface area contributed by atoms with Crippen molar-refractivity contribution in [1.29, 1.82) is 0 Å². The third-order valence-electron chi connectivity index (χ3n) is 3.24. The van der Waals surface area contributed by atoms with Crippen LogP contribution in [0.2, 0.25) is 0 Å². The Morgan fingerprint density at radius 1 is 1.67 bits per heavy atom. The van der Waals surface area contributed by atoms with Crippen LogP contribution in [-0.2, 0) is 16.1 Å². The van der Waals surface area contributed by atoms with Gasteiger partial charge in [-0.3, -0.25) is 9.69 Å². The van der Waals surface area contributed by atoms with Crippen molar-refractivity contribution in [2.24, 2.45) is 5.92 Å². The van der Waals surface area contributed by atoms with E-state index in [1.54, 1.807) is 6.92 Å². The number of carbonyl (C=O) groups excluding carboxylic acids is 2. The molecule has 1 aromatic heterocycles. The van der Waals surface area contributed by atoms with Crippen molar-refractivity contribution in [3.63, 3.8) is 0 Å². The van der Waals surface area contributed by atoms with Crippen LogP contribution in [0.1, 0.15) is 23.7 Å². The van der Waals surface area contributed by atoms with Crippen molar-refractivity contribution in [3.05, 3.63) is 11.8 Å². The van der Waals surface area contributed by atoms with E-state index >= 15 is 0 Å². The average molecular weight is 291 g/mol. The number of carbonyl (C=O) groups is 2. The van der Waals surface area contributed by atoms with Crippen molar-refractivity contribution < 1.29 is 19.4 Å². The molecule has 0 aliphatic carbocycles. The molecule has 1 aromatic rings. The van der Waals surface area contributed by atoms with Gasteiger partial charge < -0.3 is 9.84 Å². The summed E-state index contributed by atoms with van der Waals surface area (Å²) in [6, 6.07) is 0. The van der Waals surface area contributed by atoms with Gasteiger partial charge >= 0.3 is 5.97 Å². The molecule has 1 amide bonds. The minimum Gasteiger partial charge on any atom is -0.462 e. The molecule has 0 bridgehead atoms. The fourth-order valence-corrected chi connectivity index (χ4v) is 2.30. The molecule has 0 spiro atoms. The summed E-state index contributed by atoms with van der Waals surface area (Å²) in [6.07, 6.45) is 6.96. The Balaban J connectivity index is 2.40.